The number of hydrogen-bond acceptors (Lipinski definition) is 3. The maximum atomic E-state index is 12.4. The number of hydrogen-bond donors (Lipinski definition) is 0. The zero-order valence-electron chi connectivity index (χ0n) is 11.2. The van der Waals surface area contributed by atoms with Gasteiger partial charge in [0.25, 0.3) is 0 Å². The zero-order valence-corrected chi connectivity index (χ0v) is 11.2. The molecule has 0 aliphatic heterocycles. The van der Waals surface area contributed by atoms with E-state index in [0.29, 0.717) is 12.0 Å². The van der Waals surface area contributed by atoms with E-state index in [2.05, 4.69) is 9.97 Å². The molecule has 0 N–H and O–H groups in total. The van der Waals surface area contributed by atoms with Crippen LogP contribution in [0.3, 0.4) is 0 Å². The summed E-state index contributed by atoms with van der Waals surface area (Å²) in [7, 11) is 0. The quantitative estimate of drug-likeness (QED) is 0.680. The molecule has 0 bridgehead atoms. The minimum atomic E-state index is 0.0898. The van der Waals surface area contributed by atoms with E-state index < -0.39 is 0 Å². The van der Waals surface area contributed by atoms with Gasteiger partial charge in [0.1, 0.15) is 0 Å². The van der Waals surface area contributed by atoms with Crippen LogP contribution in [0.5, 0.6) is 0 Å². The topological polar surface area (TPSA) is 42.9 Å². The standard InChI is InChI=1S/C17H14N2O/c1-12-14(6-4-9-18-12)17(20)11-13-8-10-19-16-7-3-2-5-15(13)16/h2-10H,11H2,1H3. The molecule has 0 fully saturated rings. The van der Waals surface area contributed by atoms with Gasteiger partial charge in [-0.1, -0.05) is 18.2 Å². The minimum absolute atomic E-state index is 0.0898. The number of pyridine rings is 2. The first-order valence-electron chi connectivity index (χ1n) is 6.53. The van der Waals surface area contributed by atoms with Gasteiger partial charge < -0.3 is 0 Å². The van der Waals surface area contributed by atoms with E-state index in [1.165, 1.54) is 0 Å². The number of ketones is 1. The average molecular weight is 262 g/mol. The van der Waals surface area contributed by atoms with Crippen LogP contribution in [-0.4, -0.2) is 15.8 Å². The van der Waals surface area contributed by atoms with Crippen LogP contribution in [0.25, 0.3) is 10.9 Å². The molecule has 20 heavy (non-hydrogen) atoms. The lowest BCUT2D eigenvalue weighted by Crippen LogP contribution is -2.07. The van der Waals surface area contributed by atoms with Gasteiger partial charge in [0.05, 0.1) is 5.52 Å². The highest BCUT2D eigenvalue weighted by atomic mass is 16.1. The molecule has 0 atom stereocenters. The van der Waals surface area contributed by atoms with E-state index in [-0.39, 0.29) is 5.78 Å². The number of rotatable bonds is 3. The zero-order chi connectivity index (χ0) is 13.9. The van der Waals surface area contributed by atoms with E-state index in [4.69, 9.17) is 0 Å². The molecule has 2 aromatic heterocycles. The van der Waals surface area contributed by atoms with E-state index in [0.717, 1.165) is 22.2 Å². The van der Waals surface area contributed by atoms with Gasteiger partial charge in [-0.3, -0.25) is 14.8 Å². The Bertz CT molecular complexity index is 775. The summed E-state index contributed by atoms with van der Waals surface area (Å²) in [5, 5.41) is 1.03. The van der Waals surface area contributed by atoms with Gasteiger partial charge in [-0.05, 0) is 36.8 Å². The Morgan fingerprint density at radius 3 is 2.70 bits per heavy atom. The summed E-state index contributed by atoms with van der Waals surface area (Å²) >= 11 is 0. The molecule has 3 aromatic rings. The molecular formula is C17H14N2O. The number of fused-ring (bicyclic) bond motifs is 1. The number of carbonyl (C=O) groups excluding carboxylic acids is 1. The Hall–Kier alpha value is -2.55. The number of aromatic nitrogens is 2. The third-order valence-electron chi connectivity index (χ3n) is 3.40. The molecule has 0 radical (unpaired) electrons. The van der Waals surface area contributed by atoms with Gasteiger partial charge in [0.2, 0.25) is 0 Å². The fourth-order valence-corrected chi connectivity index (χ4v) is 2.36. The van der Waals surface area contributed by atoms with Crippen molar-refractivity contribution in [3.05, 3.63) is 71.7 Å². The van der Waals surface area contributed by atoms with Crippen LogP contribution in [0.15, 0.2) is 54.9 Å². The van der Waals surface area contributed by atoms with Crippen LogP contribution in [0.4, 0.5) is 0 Å². The lowest BCUT2D eigenvalue weighted by atomic mass is 9.99. The minimum Gasteiger partial charge on any atom is -0.294 e. The van der Waals surface area contributed by atoms with Crippen LogP contribution in [0.1, 0.15) is 21.6 Å². The fourth-order valence-electron chi connectivity index (χ4n) is 2.36. The first kappa shape index (κ1) is 12.5. The van der Waals surface area contributed by atoms with Crippen molar-refractivity contribution < 1.29 is 4.79 Å². The number of carbonyl (C=O) groups is 1. The maximum Gasteiger partial charge on any atom is 0.169 e. The van der Waals surface area contributed by atoms with Gasteiger partial charge in [-0.15, -0.1) is 0 Å². The number of nitrogens with zero attached hydrogens (tertiary/aromatic N) is 2. The summed E-state index contributed by atoms with van der Waals surface area (Å²) in [6, 6.07) is 13.4. The van der Waals surface area contributed by atoms with Crippen molar-refractivity contribution in [3.8, 4) is 0 Å². The lowest BCUT2D eigenvalue weighted by molar-refractivity contribution is 0.0992. The summed E-state index contributed by atoms with van der Waals surface area (Å²) in [4.78, 5) is 20.9. The van der Waals surface area contributed by atoms with Crippen LogP contribution >= 0.6 is 0 Å². The highest BCUT2D eigenvalue weighted by molar-refractivity contribution is 6.00. The van der Waals surface area contributed by atoms with Crippen LogP contribution < -0.4 is 0 Å². The molecule has 3 heteroatoms. The summed E-state index contributed by atoms with van der Waals surface area (Å²) in [6.07, 6.45) is 3.82. The predicted molar refractivity (Wildman–Crippen MR) is 78.8 cm³/mol. The second-order valence-electron chi connectivity index (χ2n) is 4.72. The Labute approximate surface area is 117 Å². The van der Waals surface area contributed by atoms with Crippen molar-refractivity contribution in [2.45, 2.75) is 13.3 Å². The SMILES string of the molecule is Cc1ncccc1C(=O)Cc1ccnc2ccccc12. The Balaban J connectivity index is 1.98. The van der Waals surface area contributed by atoms with Crippen molar-refractivity contribution in [3.63, 3.8) is 0 Å². The van der Waals surface area contributed by atoms with Crippen LogP contribution in [0, 0.1) is 6.92 Å². The number of Topliss-reactive ketones (excluding diaryl/α,β-unsaturated/α-hetero) is 1. The summed E-state index contributed by atoms with van der Waals surface area (Å²) in [5.74, 6) is 0.0898. The second-order valence-corrected chi connectivity index (χ2v) is 4.72. The molecular weight excluding hydrogens is 248 g/mol. The molecule has 2 heterocycles. The number of para-hydroxylation sites is 1. The van der Waals surface area contributed by atoms with Crippen molar-refractivity contribution >= 4 is 16.7 Å². The summed E-state index contributed by atoms with van der Waals surface area (Å²) in [5.41, 5.74) is 3.38. The van der Waals surface area contributed by atoms with Crippen molar-refractivity contribution in [2.75, 3.05) is 0 Å². The molecule has 0 aliphatic rings. The first-order chi connectivity index (χ1) is 9.75. The normalized spacial score (nSPS) is 10.7. The average Bonchev–Trinajstić information content (AvgIpc) is 2.48. The molecule has 0 unspecified atom stereocenters. The van der Waals surface area contributed by atoms with Crippen molar-refractivity contribution in [1.82, 2.24) is 9.97 Å². The summed E-state index contributed by atoms with van der Waals surface area (Å²) in [6.45, 7) is 1.86. The van der Waals surface area contributed by atoms with E-state index in [1.807, 2.05) is 43.3 Å². The third kappa shape index (κ3) is 2.30. The summed E-state index contributed by atoms with van der Waals surface area (Å²) < 4.78 is 0. The highest BCUT2D eigenvalue weighted by Gasteiger charge is 2.12. The Morgan fingerprint density at radius 1 is 1.00 bits per heavy atom. The Morgan fingerprint density at radius 2 is 1.85 bits per heavy atom. The Kier molecular flexibility index (Phi) is 3.25. The molecule has 98 valence electrons. The van der Waals surface area contributed by atoms with Crippen LogP contribution in [0.2, 0.25) is 0 Å². The van der Waals surface area contributed by atoms with Crippen LogP contribution in [-0.2, 0) is 6.42 Å². The molecule has 3 nitrogen and oxygen atoms in total. The van der Waals surface area contributed by atoms with Gasteiger partial charge >= 0.3 is 0 Å². The van der Waals surface area contributed by atoms with Crippen molar-refractivity contribution in [1.29, 1.82) is 0 Å². The molecule has 0 aliphatic carbocycles. The van der Waals surface area contributed by atoms with E-state index >= 15 is 0 Å². The lowest BCUT2D eigenvalue weighted by Gasteiger charge is -2.06. The van der Waals surface area contributed by atoms with Crippen molar-refractivity contribution in [2.24, 2.45) is 0 Å². The van der Waals surface area contributed by atoms with Gasteiger partial charge in [-0.25, -0.2) is 0 Å². The van der Waals surface area contributed by atoms with E-state index in [9.17, 15) is 4.79 Å². The third-order valence-corrected chi connectivity index (χ3v) is 3.40. The van der Waals surface area contributed by atoms with Gasteiger partial charge in [0.15, 0.2) is 5.78 Å². The predicted octanol–water partition coefficient (Wildman–Crippen LogP) is 3.36. The number of benzene rings is 1. The first-order valence-corrected chi connectivity index (χ1v) is 6.53. The molecule has 1 aromatic carbocycles. The maximum absolute atomic E-state index is 12.4. The van der Waals surface area contributed by atoms with E-state index in [1.54, 1.807) is 18.5 Å². The monoisotopic (exact) mass is 262 g/mol. The highest BCUT2D eigenvalue weighted by Crippen LogP contribution is 2.18. The molecule has 0 amide bonds. The number of aryl methyl sites for hydroxylation is 1. The molecule has 0 spiro atoms. The molecule has 0 saturated heterocycles. The van der Waals surface area contributed by atoms with Gasteiger partial charge in [-0.2, -0.15) is 0 Å². The molecule has 0 saturated carbocycles. The fraction of sp³-hybridized carbons (Fsp3) is 0.118. The van der Waals surface area contributed by atoms with Gasteiger partial charge in [0, 0.05) is 35.5 Å². The largest absolute Gasteiger partial charge is 0.294 e. The molecule has 3 rings (SSSR count). The smallest absolute Gasteiger partial charge is 0.169 e. The second kappa shape index (κ2) is 5.21.